The number of hydrogen-bond donors (Lipinski definition) is 1. The second kappa shape index (κ2) is 3.09. The van der Waals surface area contributed by atoms with Gasteiger partial charge in [-0.05, 0) is 35.8 Å². The van der Waals surface area contributed by atoms with Gasteiger partial charge in [-0.25, -0.2) is 0 Å². The van der Waals surface area contributed by atoms with Crippen molar-refractivity contribution >= 4 is 0 Å². The SMILES string of the molecule is Cc1ccccc1C1CC(N)C1(C)C. The van der Waals surface area contributed by atoms with Gasteiger partial charge in [-0.2, -0.15) is 0 Å². The summed E-state index contributed by atoms with van der Waals surface area (Å²) in [6.45, 7) is 6.74. The molecule has 0 bridgehead atoms. The van der Waals surface area contributed by atoms with Crippen LogP contribution in [0.25, 0.3) is 0 Å². The Morgan fingerprint density at radius 3 is 2.43 bits per heavy atom. The Kier molecular flexibility index (Phi) is 2.15. The van der Waals surface area contributed by atoms with Gasteiger partial charge in [0, 0.05) is 6.04 Å². The average molecular weight is 189 g/mol. The van der Waals surface area contributed by atoms with Gasteiger partial charge in [0.15, 0.2) is 0 Å². The zero-order valence-corrected chi connectivity index (χ0v) is 9.25. The Morgan fingerprint density at radius 2 is 1.93 bits per heavy atom. The molecule has 0 saturated heterocycles. The third kappa shape index (κ3) is 1.27. The molecule has 1 nitrogen and oxygen atoms in total. The molecular formula is C13H19N. The molecule has 0 radical (unpaired) electrons. The number of benzene rings is 1. The first kappa shape index (κ1) is 9.72. The van der Waals surface area contributed by atoms with Crippen molar-refractivity contribution in [1.82, 2.24) is 0 Å². The van der Waals surface area contributed by atoms with Crippen molar-refractivity contribution in [2.75, 3.05) is 0 Å². The molecule has 1 aromatic carbocycles. The topological polar surface area (TPSA) is 26.0 Å². The van der Waals surface area contributed by atoms with E-state index >= 15 is 0 Å². The molecule has 0 heterocycles. The normalized spacial score (nSPS) is 29.7. The van der Waals surface area contributed by atoms with Gasteiger partial charge in [0.25, 0.3) is 0 Å². The minimum absolute atomic E-state index is 0.270. The minimum Gasteiger partial charge on any atom is -0.327 e. The van der Waals surface area contributed by atoms with Crippen LogP contribution in [0, 0.1) is 12.3 Å². The molecule has 2 unspecified atom stereocenters. The van der Waals surface area contributed by atoms with Crippen LogP contribution < -0.4 is 5.73 Å². The van der Waals surface area contributed by atoms with Crippen molar-refractivity contribution in [3.63, 3.8) is 0 Å². The van der Waals surface area contributed by atoms with E-state index < -0.39 is 0 Å². The highest BCUT2D eigenvalue weighted by atomic mass is 14.8. The molecule has 0 spiro atoms. The minimum atomic E-state index is 0.270. The van der Waals surface area contributed by atoms with Crippen LogP contribution in [0.15, 0.2) is 24.3 Å². The van der Waals surface area contributed by atoms with Gasteiger partial charge in [0.1, 0.15) is 0 Å². The number of aryl methyl sites for hydroxylation is 1. The maximum absolute atomic E-state index is 6.03. The van der Waals surface area contributed by atoms with E-state index in [0.29, 0.717) is 12.0 Å². The maximum Gasteiger partial charge on any atom is 0.0102 e. The first-order valence-corrected chi connectivity index (χ1v) is 5.34. The Morgan fingerprint density at radius 1 is 1.29 bits per heavy atom. The lowest BCUT2D eigenvalue weighted by Crippen LogP contribution is -2.52. The van der Waals surface area contributed by atoms with Crippen LogP contribution in [0.3, 0.4) is 0 Å². The second-order valence-electron chi connectivity index (χ2n) is 5.07. The van der Waals surface area contributed by atoms with Crippen LogP contribution >= 0.6 is 0 Å². The summed E-state index contributed by atoms with van der Waals surface area (Å²) in [6, 6.07) is 9.03. The summed E-state index contributed by atoms with van der Waals surface area (Å²) >= 11 is 0. The summed E-state index contributed by atoms with van der Waals surface area (Å²) in [4.78, 5) is 0. The summed E-state index contributed by atoms with van der Waals surface area (Å²) < 4.78 is 0. The smallest absolute Gasteiger partial charge is 0.0102 e. The van der Waals surface area contributed by atoms with Crippen molar-refractivity contribution in [1.29, 1.82) is 0 Å². The molecule has 1 aliphatic carbocycles. The molecule has 0 aliphatic heterocycles. The van der Waals surface area contributed by atoms with Gasteiger partial charge in [0.05, 0.1) is 0 Å². The standard InChI is InChI=1S/C13H19N/c1-9-6-4-5-7-10(9)11-8-12(14)13(11,2)3/h4-7,11-12H,8,14H2,1-3H3. The highest BCUT2D eigenvalue weighted by Crippen LogP contribution is 2.51. The molecule has 1 aliphatic rings. The maximum atomic E-state index is 6.03. The number of nitrogens with two attached hydrogens (primary N) is 1. The summed E-state index contributed by atoms with van der Waals surface area (Å²) in [5, 5.41) is 0. The van der Waals surface area contributed by atoms with E-state index in [1.165, 1.54) is 11.1 Å². The highest BCUT2D eigenvalue weighted by molar-refractivity contribution is 5.34. The summed E-state index contributed by atoms with van der Waals surface area (Å²) in [7, 11) is 0. The third-order valence-electron chi connectivity index (χ3n) is 3.91. The van der Waals surface area contributed by atoms with Crippen molar-refractivity contribution in [2.45, 2.75) is 39.2 Å². The van der Waals surface area contributed by atoms with Gasteiger partial charge in [0.2, 0.25) is 0 Å². The quantitative estimate of drug-likeness (QED) is 0.722. The zero-order chi connectivity index (χ0) is 10.3. The van der Waals surface area contributed by atoms with Crippen LogP contribution in [0.2, 0.25) is 0 Å². The fraction of sp³-hybridized carbons (Fsp3) is 0.538. The molecule has 2 atom stereocenters. The van der Waals surface area contributed by atoms with Crippen molar-refractivity contribution < 1.29 is 0 Å². The summed E-state index contributed by atoms with van der Waals surface area (Å²) in [5.41, 5.74) is 9.19. The largest absolute Gasteiger partial charge is 0.327 e. The lowest BCUT2D eigenvalue weighted by atomic mass is 9.56. The van der Waals surface area contributed by atoms with Gasteiger partial charge >= 0.3 is 0 Å². The molecule has 76 valence electrons. The first-order valence-electron chi connectivity index (χ1n) is 5.34. The van der Waals surface area contributed by atoms with E-state index in [4.69, 9.17) is 5.73 Å². The Hall–Kier alpha value is -0.820. The van der Waals surface area contributed by atoms with Crippen molar-refractivity contribution in [3.05, 3.63) is 35.4 Å². The summed E-state index contributed by atoms with van der Waals surface area (Å²) in [6.07, 6.45) is 1.14. The van der Waals surface area contributed by atoms with Gasteiger partial charge in [-0.1, -0.05) is 38.1 Å². The van der Waals surface area contributed by atoms with E-state index in [-0.39, 0.29) is 5.41 Å². The molecule has 0 amide bonds. The Bertz CT molecular complexity index is 341. The Labute approximate surface area is 86.3 Å². The van der Waals surface area contributed by atoms with Crippen LogP contribution in [-0.4, -0.2) is 6.04 Å². The monoisotopic (exact) mass is 189 g/mol. The summed E-state index contributed by atoms with van der Waals surface area (Å²) in [5.74, 6) is 0.652. The predicted molar refractivity (Wildman–Crippen MR) is 60.3 cm³/mol. The van der Waals surface area contributed by atoms with Crippen LogP contribution in [0.5, 0.6) is 0 Å². The average Bonchev–Trinajstić information content (AvgIpc) is 2.16. The van der Waals surface area contributed by atoms with Crippen LogP contribution in [0.1, 0.15) is 37.3 Å². The number of rotatable bonds is 1. The van der Waals surface area contributed by atoms with Gasteiger partial charge < -0.3 is 5.73 Å². The lowest BCUT2D eigenvalue weighted by Gasteiger charge is -2.51. The first-order chi connectivity index (χ1) is 6.53. The van der Waals surface area contributed by atoms with Crippen LogP contribution in [-0.2, 0) is 0 Å². The second-order valence-corrected chi connectivity index (χ2v) is 5.07. The molecule has 1 aromatic rings. The van der Waals surface area contributed by atoms with Crippen LogP contribution in [0.4, 0.5) is 0 Å². The fourth-order valence-electron chi connectivity index (χ4n) is 2.46. The molecule has 0 aromatic heterocycles. The molecule has 1 saturated carbocycles. The third-order valence-corrected chi connectivity index (χ3v) is 3.91. The Balaban J connectivity index is 2.30. The van der Waals surface area contributed by atoms with E-state index in [9.17, 15) is 0 Å². The molecule has 1 fully saturated rings. The van der Waals surface area contributed by atoms with Crippen molar-refractivity contribution in [2.24, 2.45) is 11.1 Å². The molecule has 2 N–H and O–H groups in total. The van der Waals surface area contributed by atoms with E-state index in [2.05, 4.69) is 45.0 Å². The van der Waals surface area contributed by atoms with Crippen molar-refractivity contribution in [3.8, 4) is 0 Å². The molecular weight excluding hydrogens is 170 g/mol. The van der Waals surface area contributed by atoms with E-state index in [1.54, 1.807) is 0 Å². The predicted octanol–water partition coefficient (Wildman–Crippen LogP) is 2.84. The molecule has 2 rings (SSSR count). The van der Waals surface area contributed by atoms with Gasteiger partial charge in [-0.3, -0.25) is 0 Å². The van der Waals surface area contributed by atoms with E-state index in [1.807, 2.05) is 0 Å². The molecule has 1 heteroatoms. The zero-order valence-electron chi connectivity index (χ0n) is 9.25. The fourth-order valence-corrected chi connectivity index (χ4v) is 2.46. The highest BCUT2D eigenvalue weighted by Gasteiger charge is 2.46. The van der Waals surface area contributed by atoms with Gasteiger partial charge in [-0.15, -0.1) is 0 Å². The van der Waals surface area contributed by atoms with E-state index in [0.717, 1.165) is 6.42 Å². The molecule has 14 heavy (non-hydrogen) atoms. The number of hydrogen-bond acceptors (Lipinski definition) is 1. The lowest BCUT2D eigenvalue weighted by molar-refractivity contribution is 0.0979.